The van der Waals surface area contributed by atoms with E-state index < -0.39 is 0 Å². The maximum Gasteiger partial charge on any atom is 0.142 e. The fourth-order valence-corrected chi connectivity index (χ4v) is 2.90. The number of hydrogen-bond donors (Lipinski definition) is 1. The van der Waals surface area contributed by atoms with E-state index in [2.05, 4.69) is 17.0 Å². The summed E-state index contributed by atoms with van der Waals surface area (Å²) < 4.78 is 10.8. The van der Waals surface area contributed by atoms with Crippen LogP contribution in [0.5, 0.6) is 5.75 Å². The molecular weight excluding hydrogens is 228 g/mol. The van der Waals surface area contributed by atoms with Crippen molar-refractivity contribution in [3.05, 3.63) is 23.8 Å². The van der Waals surface area contributed by atoms with Crippen molar-refractivity contribution in [2.24, 2.45) is 0 Å². The Morgan fingerprint density at radius 3 is 2.61 bits per heavy atom. The first-order chi connectivity index (χ1) is 8.76. The van der Waals surface area contributed by atoms with E-state index in [4.69, 9.17) is 15.2 Å². The topological polar surface area (TPSA) is 47.7 Å². The van der Waals surface area contributed by atoms with Crippen LogP contribution in [0, 0.1) is 0 Å². The Morgan fingerprint density at radius 1 is 1.28 bits per heavy atom. The van der Waals surface area contributed by atoms with E-state index in [0.717, 1.165) is 32.1 Å². The lowest BCUT2D eigenvalue weighted by molar-refractivity contribution is 0.00832. The van der Waals surface area contributed by atoms with Gasteiger partial charge in [0.05, 0.1) is 26.0 Å². The van der Waals surface area contributed by atoms with Gasteiger partial charge in [0.15, 0.2) is 0 Å². The summed E-state index contributed by atoms with van der Waals surface area (Å²) in [6.45, 7) is 3.72. The lowest BCUT2D eigenvalue weighted by atomic mass is 10.0. The molecule has 0 atom stereocenters. The summed E-state index contributed by atoms with van der Waals surface area (Å²) in [4.78, 5) is 2.54. The molecule has 18 heavy (non-hydrogen) atoms. The number of methoxy groups -OCH3 is 1. The Bertz CT molecular complexity index is 437. The lowest BCUT2D eigenvalue weighted by Crippen LogP contribution is -2.43. The van der Waals surface area contributed by atoms with Crippen molar-refractivity contribution in [2.75, 3.05) is 39.1 Å². The summed E-state index contributed by atoms with van der Waals surface area (Å²) in [7, 11) is 1.67. The number of ether oxygens (including phenoxy) is 2. The monoisotopic (exact) mass is 248 g/mol. The van der Waals surface area contributed by atoms with Crippen LogP contribution in [0.2, 0.25) is 0 Å². The van der Waals surface area contributed by atoms with Crippen LogP contribution in [-0.4, -0.2) is 38.3 Å². The molecule has 2 N–H and O–H groups in total. The van der Waals surface area contributed by atoms with Crippen LogP contribution in [0.15, 0.2) is 18.2 Å². The molecule has 0 radical (unpaired) electrons. The normalized spacial score (nSPS) is 22.7. The number of anilines is 1. The van der Waals surface area contributed by atoms with Crippen molar-refractivity contribution in [3.63, 3.8) is 0 Å². The van der Waals surface area contributed by atoms with Crippen LogP contribution in [0.1, 0.15) is 18.4 Å². The maximum atomic E-state index is 5.88. The largest absolute Gasteiger partial charge is 0.495 e. The summed E-state index contributed by atoms with van der Waals surface area (Å²) in [5.41, 5.74) is 8.13. The Balaban J connectivity index is 1.89. The second-order valence-corrected chi connectivity index (χ2v) is 5.09. The first-order valence-electron chi connectivity index (χ1n) is 6.53. The van der Waals surface area contributed by atoms with E-state index in [1.807, 2.05) is 6.07 Å². The van der Waals surface area contributed by atoms with Gasteiger partial charge in [-0.3, -0.25) is 4.90 Å². The van der Waals surface area contributed by atoms with Gasteiger partial charge in [-0.1, -0.05) is 6.07 Å². The van der Waals surface area contributed by atoms with E-state index in [-0.39, 0.29) is 5.54 Å². The number of hydrogen-bond acceptors (Lipinski definition) is 4. The van der Waals surface area contributed by atoms with E-state index in [0.29, 0.717) is 5.69 Å². The molecule has 0 unspecified atom stereocenters. The van der Waals surface area contributed by atoms with Gasteiger partial charge in [0.1, 0.15) is 5.75 Å². The molecular formula is C14H20N2O2. The molecule has 98 valence electrons. The molecule has 1 aromatic rings. The van der Waals surface area contributed by atoms with Gasteiger partial charge >= 0.3 is 0 Å². The minimum Gasteiger partial charge on any atom is -0.495 e. The average molecular weight is 248 g/mol. The third kappa shape index (κ3) is 1.85. The summed E-state index contributed by atoms with van der Waals surface area (Å²) in [6, 6.07) is 6.19. The molecule has 4 heteroatoms. The summed E-state index contributed by atoms with van der Waals surface area (Å²) in [6.07, 6.45) is 2.44. The van der Waals surface area contributed by atoms with E-state index >= 15 is 0 Å². The van der Waals surface area contributed by atoms with Crippen LogP contribution in [-0.2, 0) is 10.3 Å². The van der Waals surface area contributed by atoms with Crippen molar-refractivity contribution in [1.29, 1.82) is 0 Å². The zero-order valence-electron chi connectivity index (χ0n) is 10.8. The average Bonchev–Trinajstić information content (AvgIpc) is 3.22. The number of morpholine rings is 1. The summed E-state index contributed by atoms with van der Waals surface area (Å²) in [5.74, 6) is 0.784. The van der Waals surface area contributed by atoms with Crippen molar-refractivity contribution in [3.8, 4) is 5.75 Å². The van der Waals surface area contributed by atoms with Crippen LogP contribution < -0.4 is 10.5 Å². The second kappa shape index (κ2) is 4.44. The number of rotatable bonds is 3. The van der Waals surface area contributed by atoms with Crippen molar-refractivity contribution in [2.45, 2.75) is 18.4 Å². The smallest absolute Gasteiger partial charge is 0.142 e. The first kappa shape index (κ1) is 11.8. The predicted molar refractivity (Wildman–Crippen MR) is 70.7 cm³/mol. The SMILES string of the molecule is COc1cc(C2(N3CCOCC3)CC2)ccc1N. The lowest BCUT2D eigenvalue weighted by Gasteiger charge is -2.35. The maximum absolute atomic E-state index is 5.88. The number of nitrogens with zero attached hydrogens (tertiary/aromatic N) is 1. The van der Waals surface area contributed by atoms with Gasteiger partial charge in [-0.2, -0.15) is 0 Å². The van der Waals surface area contributed by atoms with E-state index in [9.17, 15) is 0 Å². The molecule has 1 saturated heterocycles. The first-order valence-corrected chi connectivity index (χ1v) is 6.53. The minimum absolute atomic E-state index is 0.213. The Morgan fingerprint density at radius 2 is 2.00 bits per heavy atom. The van der Waals surface area contributed by atoms with Gasteiger partial charge in [0.2, 0.25) is 0 Å². The molecule has 0 aromatic heterocycles. The summed E-state index contributed by atoms with van der Waals surface area (Å²) >= 11 is 0. The van der Waals surface area contributed by atoms with Gasteiger partial charge < -0.3 is 15.2 Å². The quantitative estimate of drug-likeness (QED) is 0.825. The number of nitrogens with two attached hydrogens (primary N) is 1. The molecule has 1 aliphatic heterocycles. The molecule has 4 nitrogen and oxygen atoms in total. The minimum atomic E-state index is 0.213. The molecule has 3 rings (SSSR count). The highest BCUT2D eigenvalue weighted by Gasteiger charge is 2.49. The molecule has 0 amide bonds. The van der Waals surface area contributed by atoms with Gasteiger partial charge in [-0.25, -0.2) is 0 Å². The molecule has 1 aliphatic carbocycles. The molecule has 1 saturated carbocycles. The zero-order valence-corrected chi connectivity index (χ0v) is 10.8. The standard InChI is InChI=1S/C14H20N2O2/c1-17-13-10-11(2-3-12(13)15)14(4-5-14)16-6-8-18-9-7-16/h2-3,10H,4-9,15H2,1H3. The molecule has 1 heterocycles. The second-order valence-electron chi connectivity index (χ2n) is 5.09. The van der Waals surface area contributed by atoms with Crippen molar-refractivity contribution >= 4 is 5.69 Å². The Labute approximate surface area is 108 Å². The zero-order chi connectivity index (χ0) is 12.6. The van der Waals surface area contributed by atoms with E-state index in [1.54, 1.807) is 7.11 Å². The predicted octanol–water partition coefficient (Wildman–Crippen LogP) is 1.60. The third-order valence-electron chi connectivity index (χ3n) is 4.11. The van der Waals surface area contributed by atoms with Crippen LogP contribution in [0.3, 0.4) is 0 Å². The van der Waals surface area contributed by atoms with Crippen molar-refractivity contribution < 1.29 is 9.47 Å². The van der Waals surface area contributed by atoms with Gasteiger partial charge in [-0.15, -0.1) is 0 Å². The Kier molecular flexibility index (Phi) is 2.92. The molecule has 2 fully saturated rings. The van der Waals surface area contributed by atoms with Crippen LogP contribution >= 0.6 is 0 Å². The molecule has 2 aliphatic rings. The van der Waals surface area contributed by atoms with Crippen molar-refractivity contribution in [1.82, 2.24) is 4.90 Å². The van der Waals surface area contributed by atoms with Crippen LogP contribution in [0.25, 0.3) is 0 Å². The fraction of sp³-hybridized carbons (Fsp3) is 0.571. The summed E-state index contributed by atoms with van der Waals surface area (Å²) in [5, 5.41) is 0. The highest BCUT2D eigenvalue weighted by atomic mass is 16.5. The van der Waals surface area contributed by atoms with Gasteiger partial charge in [0.25, 0.3) is 0 Å². The van der Waals surface area contributed by atoms with Crippen LogP contribution in [0.4, 0.5) is 5.69 Å². The third-order valence-corrected chi connectivity index (χ3v) is 4.11. The number of benzene rings is 1. The van der Waals surface area contributed by atoms with Gasteiger partial charge in [-0.05, 0) is 30.5 Å². The highest BCUT2D eigenvalue weighted by Crippen LogP contribution is 2.52. The Hall–Kier alpha value is -1.26. The fourth-order valence-electron chi connectivity index (χ4n) is 2.90. The van der Waals surface area contributed by atoms with E-state index in [1.165, 1.54) is 18.4 Å². The molecule has 1 aromatic carbocycles. The van der Waals surface area contributed by atoms with Gasteiger partial charge in [0, 0.05) is 18.6 Å². The number of nitrogen functional groups attached to an aromatic ring is 1. The molecule has 0 spiro atoms. The highest BCUT2D eigenvalue weighted by molar-refractivity contribution is 5.55. The molecule has 0 bridgehead atoms.